The van der Waals surface area contributed by atoms with Crippen molar-refractivity contribution in [2.24, 2.45) is 5.41 Å². The van der Waals surface area contributed by atoms with E-state index < -0.39 is 0 Å². The van der Waals surface area contributed by atoms with Crippen LogP contribution in [-0.2, 0) is 9.53 Å². The van der Waals surface area contributed by atoms with Gasteiger partial charge in [-0.2, -0.15) is 0 Å². The van der Waals surface area contributed by atoms with Gasteiger partial charge in [-0.15, -0.1) is 0 Å². The molecule has 0 unspecified atom stereocenters. The summed E-state index contributed by atoms with van der Waals surface area (Å²) in [6, 6.07) is 0. The van der Waals surface area contributed by atoms with Crippen molar-refractivity contribution < 1.29 is 9.53 Å². The Hall–Kier alpha value is -1.83. The Morgan fingerprint density at radius 3 is 2.89 bits per heavy atom. The Morgan fingerprint density at radius 1 is 1.42 bits per heavy atom. The molecule has 0 saturated heterocycles. The Bertz CT molecular complexity index is 529. The topological polar surface area (TPSA) is 26.3 Å². The highest BCUT2D eigenvalue weighted by Crippen LogP contribution is 2.48. The van der Waals surface area contributed by atoms with Crippen molar-refractivity contribution in [1.29, 1.82) is 0 Å². The molecule has 0 amide bonds. The Balaban J connectivity index is 2.55. The molecule has 0 N–H and O–H groups in total. The van der Waals surface area contributed by atoms with Crippen LogP contribution in [0.5, 0.6) is 0 Å². The van der Waals surface area contributed by atoms with Crippen LogP contribution in [-0.4, -0.2) is 12.6 Å². The molecule has 0 aromatic rings. The third-order valence-corrected chi connectivity index (χ3v) is 3.54. The van der Waals surface area contributed by atoms with E-state index >= 15 is 0 Å². The van der Waals surface area contributed by atoms with Crippen LogP contribution >= 0.6 is 0 Å². The van der Waals surface area contributed by atoms with Crippen molar-refractivity contribution in [2.75, 3.05) is 6.61 Å². The zero-order valence-corrected chi connectivity index (χ0v) is 11.8. The quantitative estimate of drug-likeness (QED) is 0.565. The molecule has 0 heterocycles. The molecular weight excluding hydrogens is 236 g/mol. The number of fused-ring (bicyclic) bond motifs is 1. The second kappa shape index (κ2) is 5.43. The van der Waals surface area contributed by atoms with Gasteiger partial charge in [0.15, 0.2) is 0 Å². The monoisotopic (exact) mass is 256 g/mol. The zero-order valence-electron chi connectivity index (χ0n) is 11.8. The van der Waals surface area contributed by atoms with Crippen molar-refractivity contribution in [3.63, 3.8) is 0 Å². The van der Waals surface area contributed by atoms with Crippen LogP contribution < -0.4 is 0 Å². The first kappa shape index (κ1) is 13.6. The van der Waals surface area contributed by atoms with E-state index in [0.717, 1.165) is 17.6 Å². The molecule has 0 fully saturated rings. The third-order valence-electron chi connectivity index (χ3n) is 3.54. The van der Waals surface area contributed by atoms with Crippen LogP contribution in [0.3, 0.4) is 0 Å². The van der Waals surface area contributed by atoms with E-state index in [-0.39, 0.29) is 11.4 Å². The van der Waals surface area contributed by atoms with Gasteiger partial charge in [-0.05, 0) is 31.4 Å². The normalized spacial score (nSPS) is 25.5. The van der Waals surface area contributed by atoms with E-state index in [4.69, 9.17) is 4.74 Å². The number of rotatable bonds is 3. The average Bonchev–Trinajstić information content (AvgIpc) is 2.49. The highest BCUT2D eigenvalue weighted by atomic mass is 16.5. The van der Waals surface area contributed by atoms with Crippen molar-refractivity contribution in [3.05, 3.63) is 59.3 Å². The molecule has 0 aliphatic heterocycles. The minimum absolute atomic E-state index is 0.201. The summed E-state index contributed by atoms with van der Waals surface area (Å²) in [5.41, 5.74) is 2.73. The zero-order chi connectivity index (χ0) is 13.9. The average molecular weight is 256 g/mol. The molecule has 0 aromatic carbocycles. The van der Waals surface area contributed by atoms with Crippen molar-refractivity contribution in [1.82, 2.24) is 0 Å². The predicted molar refractivity (Wildman–Crippen MR) is 77.6 cm³/mol. The van der Waals surface area contributed by atoms with Gasteiger partial charge in [-0.25, -0.2) is 4.79 Å². The summed E-state index contributed by atoms with van der Waals surface area (Å²) in [4.78, 5) is 12.3. The molecule has 1 atom stereocenters. The van der Waals surface area contributed by atoms with Crippen LogP contribution in [0.4, 0.5) is 0 Å². The number of esters is 1. The lowest BCUT2D eigenvalue weighted by atomic mass is 9.82. The van der Waals surface area contributed by atoms with Crippen molar-refractivity contribution in [2.45, 2.75) is 27.2 Å². The summed E-state index contributed by atoms with van der Waals surface area (Å²) in [6.45, 7) is 6.32. The highest BCUT2D eigenvalue weighted by molar-refractivity contribution is 5.94. The van der Waals surface area contributed by atoms with E-state index in [9.17, 15) is 4.79 Å². The first-order valence-corrected chi connectivity index (χ1v) is 6.72. The van der Waals surface area contributed by atoms with Crippen LogP contribution in [0, 0.1) is 5.41 Å². The van der Waals surface area contributed by atoms with Crippen molar-refractivity contribution in [3.8, 4) is 0 Å². The second-order valence-corrected chi connectivity index (χ2v) is 5.04. The van der Waals surface area contributed by atoms with Gasteiger partial charge >= 0.3 is 5.97 Å². The number of hydrogen-bond acceptors (Lipinski definition) is 2. The second-order valence-electron chi connectivity index (χ2n) is 5.04. The molecule has 0 spiro atoms. The van der Waals surface area contributed by atoms with Gasteiger partial charge in [0.2, 0.25) is 0 Å². The maximum Gasteiger partial charge on any atom is 0.335 e. The fourth-order valence-corrected chi connectivity index (χ4v) is 2.83. The fourth-order valence-electron chi connectivity index (χ4n) is 2.83. The van der Waals surface area contributed by atoms with Gasteiger partial charge in [0.05, 0.1) is 12.2 Å². The summed E-state index contributed by atoms with van der Waals surface area (Å²) in [6.07, 6.45) is 15.0. The standard InChI is InChI=1S/C17H20O2/c1-4-11-17(3)12-13-9-7-6-8-10-14(13)15(17)16(18)19-5-2/h4,6-11H,5,12H2,1-3H3/b11-4+/t17-/m1/s1. The molecule has 2 aliphatic rings. The van der Waals surface area contributed by atoms with Gasteiger partial charge < -0.3 is 4.74 Å². The number of carbonyl (C=O) groups excluding carboxylic acids is 1. The van der Waals surface area contributed by atoms with E-state index in [1.165, 1.54) is 5.57 Å². The molecule has 2 aliphatic carbocycles. The summed E-state index contributed by atoms with van der Waals surface area (Å²) in [5.74, 6) is -0.201. The van der Waals surface area contributed by atoms with Crippen LogP contribution in [0.2, 0.25) is 0 Å². The predicted octanol–water partition coefficient (Wildman–Crippen LogP) is 3.88. The summed E-state index contributed by atoms with van der Waals surface area (Å²) < 4.78 is 5.25. The maximum absolute atomic E-state index is 12.3. The molecule has 0 bridgehead atoms. The summed E-state index contributed by atoms with van der Waals surface area (Å²) in [7, 11) is 0. The van der Waals surface area contributed by atoms with Crippen LogP contribution in [0.15, 0.2) is 59.3 Å². The smallest absolute Gasteiger partial charge is 0.335 e. The number of ether oxygens (including phenoxy) is 1. The first-order chi connectivity index (χ1) is 9.12. The van der Waals surface area contributed by atoms with Gasteiger partial charge in [-0.3, -0.25) is 0 Å². The third kappa shape index (κ3) is 2.48. The number of allylic oxidation sites excluding steroid dienone is 9. The number of hydrogen-bond donors (Lipinski definition) is 0. The van der Waals surface area contributed by atoms with E-state index in [1.54, 1.807) is 0 Å². The largest absolute Gasteiger partial charge is 0.463 e. The maximum atomic E-state index is 12.3. The fraction of sp³-hybridized carbons (Fsp3) is 0.353. The van der Waals surface area contributed by atoms with Gasteiger partial charge in [0.1, 0.15) is 0 Å². The molecule has 0 saturated carbocycles. The Morgan fingerprint density at radius 2 is 2.21 bits per heavy atom. The SMILES string of the molecule is C/C=C/[C@]1(C)CC2=CC=CC=CC2=C1C(=O)OCC. The van der Waals surface area contributed by atoms with Gasteiger partial charge in [-0.1, -0.05) is 49.5 Å². The van der Waals surface area contributed by atoms with Crippen LogP contribution in [0.25, 0.3) is 0 Å². The molecule has 0 radical (unpaired) electrons. The summed E-state index contributed by atoms with van der Waals surface area (Å²) >= 11 is 0. The van der Waals surface area contributed by atoms with Gasteiger partial charge in [0, 0.05) is 5.41 Å². The molecule has 2 nitrogen and oxygen atoms in total. The lowest BCUT2D eigenvalue weighted by Gasteiger charge is -2.22. The highest BCUT2D eigenvalue weighted by Gasteiger charge is 2.41. The minimum Gasteiger partial charge on any atom is -0.463 e. The molecule has 2 heteroatoms. The number of carbonyl (C=O) groups is 1. The van der Waals surface area contributed by atoms with E-state index in [1.807, 2.05) is 44.2 Å². The van der Waals surface area contributed by atoms with E-state index in [0.29, 0.717) is 6.61 Å². The molecule has 2 rings (SSSR count). The van der Waals surface area contributed by atoms with Crippen LogP contribution in [0.1, 0.15) is 27.2 Å². The van der Waals surface area contributed by atoms with E-state index in [2.05, 4.69) is 19.1 Å². The Labute approximate surface area is 114 Å². The molecule has 100 valence electrons. The minimum atomic E-state index is -0.266. The molecule has 19 heavy (non-hydrogen) atoms. The lowest BCUT2D eigenvalue weighted by Crippen LogP contribution is -2.21. The lowest BCUT2D eigenvalue weighted by molar-refractivity contribution is -0.139. The summed E-state index contributed by atoms with van der Waals surface area (Å²) in [5, 5.41) is 0. The van der Waals surface area contributed by atoms with Gasteiger partial charge in [0.25, 0.3) is 0 Å². The Kier molecular flexibility index (Phi) is 3.89. The van der Waals surface area contributed by atoms with Crippen molar-refractivity contribution >= 4 is 5.97 Å². The first-order valence-electron chi connectivity index (χ1n) is 6.72. The molecular formula is C17H20O2. The molecule has 0 aromatic heterocycles.